The average Bonchev–Trinajstić information content (AvgIpc) is 3.21. The van der Waals surface area contributed by atoms with Crippen LogP contribution in [0.5, 0.6) is 5.75 Å². The zero-order valence-corrected chi connectivity index (χ0v) is 17.2. The highest BCUT2D eigenvalue weighted by atomic mass is 32.2. The van der Waals surface area contributed by atoms with Gasteiger partial charge in [0.2, 0.25) is 0 Å². The molecule has 0 atom stereocenters. The van der Waals surface area contributed by atoms with Crippen LogP contribution < -0.4 is 10.2 Å². The van der Waals surface area contributed by atoms with Crippen molar-refractivity contribution in [2.75, 3.05) is 5.75 Å². The number of aromatic nitrogens is 2. The SMILES string of the molecule is O=C(CSc1nc2ccccc2[nH]1)N/N=C/c1ccccc1OCc1ccc(F)cc1. The molecule has 0 bridgehead atoms. The van der Waals surface area contributed by atoms with E-state index in [0.717, 1.165) is 22.2 Å². The lowest BCUT2D eigenvalue weighted by molar-refractivity contribution is -0.118. The van der Waals surface area contributed by atoms with Gasteiger partial charge in [0.1, 0.15) is 18.2 Å². The number of hydrazone groups is 1. The number of amides is 1. The van der Waals surface area contributed by atoms with Crippen molar-refractivity contribution in [3.63, 3.8) is 0 Å². The minimum Gasteiger partial charge on any atom is -0.488 e. The highest BCUT2D eigenvalue weighted by Gasteiger charge is 2.07. The number of aromatic amines is 1. The molecule has 0 saturated heterocycles. The van der Waals surface area contributed by atoms with E-state index in [2.05, 4.69) is 20.5 Å². The molecular weight excluding hydrogens is 415 g/mol. The van der Waals surface area contributed by atoms with E-state index in [1.165, 1.54) is 30.1 Å². The van der Waals surface area contributed by atoms with Gasteiger partial charge in [-0.3, -0.25) is 4.79 Å². The third-order valence-electron chi connectivity index (χ3n) is 4.33. The molecule has 0 aliphatic carbocycles. The van der Waals surface area contributed by atoms with E-state index >= 15 is 0 Å². The lowest BCUT2D eigenvalue weighted by Crippen LogP contribution is -2.19. The van der Waals surface area contributed by atoms with Gasteiger partial charge in [0.15, 0.2) is 5.16 Å². The summed E-state index contributed by atoms with van der Waals surface area (Å²) in [4.78, 5) is 19.7. The van der Waals surface area contributed by atoms with Gasteiger partial charge in [-0.2, -0.15) is 5.10 Å². The number of benzene rings is 3. The Morgan fingerprint density at radius 2 is 1.87 bits per heavy atom. The molecule has 4 rings (SSSR count). The van der Waals surface area contributed by atoms with Crippen molar-refractivity contribution in [2.24, 2.45) is 5.10 Å². The minimum absolute atomic E-state index is 0.180. The Hall–Kier alpha value is -3.65. The molecule has 0 spiro atoms. The number of thioether (sulfide) groups is 1. The molecule has 8 heteroatoms. The molecule has 31 heavy (non-hydrogen) atoms. The van der Waals surface area contributed by atoms with Gasteiger partial charge >= 0.3 is 0 Å². The normalized spacial score (nSPS) is 11.1. The van der Waals surface area contributed by atoms with Gasteiger partial charge in [-0.25, -0.2) is 14.8 Å². The van der Waals surface area contributed by atoms with Crippen LogP contribution >= 0.6 is 11.8 Å². The second-order valence-electron chi connectivity index (χ2n) is 6.59. The molecular formula is C23H19FN4O2S. The van der Waals surface area contributed by atoms with Gasteiger partial charge in [0.05, 0.1) is 23.0 Å². The summed E-state index contributed by atoms with van der Waals surface area (Å²) < 4.78 is 18.8. The predicted molar refractivity (Wildman–Crippen MR) is 120 cm³/mol. The van der Waals surface area contributed by atoms with E-state index in [0.29, 0.717) is 17.5 Å². The van der Waals surface area contributed by atoms with Crippen LogP contribution in [-0.4, -0.2) is 27.8 Å². The second kappa shape index (κ2) is 9.90. The lowest BCUT2D eigenvalue weighted by atomic mass is 10.2. The van der Waals surface area contributed by atoms with E-state index < -0.39 is 0 Å². The fourth-order valence-corrected chi connectivity index (χ4v) is 3.48. The Balaban J connectivity index is 1.29. The van der Waals surface area contributed by atoms with E-state index in [1.54, 1.807) is 12.1 Å². The topological polar surface area (TPSA) is 79.4 Å². The van der Waals surface area contributed by atoms with Crippen molar-refractivity contribution >= 4 is 34.9 Å². The predicted octanol–water partition coefficient (Wildman–Crippen LogP) is 4.52. The molecule has 1 heterocycles. The average molecular weight is 434 g/mol. The van der Waals surface area contributed by atoms with E-state index in [-0.39, 0.29) is 17.5 Å². The number of H-pyrrole nitrogens is 1. The molecule has 2 N–H and O–H groups in total. The smallest absolute Gasteiger partial charge is 0.250 e. The Morgan fingerprint density at radius 3 is 2.71 bits per heavy atom. The standard InChI is InChI=1S/C23H19FN4O2S/c24-18-11-9-16(10-12-18)14-30-21-8-4-1-5-17(21)13-25-28-22(29)15-31-23-26-19-6-2-3-7-20(19)27-23/h1-13H,14-15H2,(H,26,27)(H,28,29)/b25-13+. The second-order valence-corrected chi connectivity index (χ2v) is 7.56. The Kier molecular flexibility index (Phi) is 6.59. The summed E-state index contributed by atoms with van der Waals surface area (Å²) in [6, 6.07) is 21.2. The highest BCUT2D eigenvalue weighted by molar-refractivity contribution is 7.99. The number of carbonyl (C=O) groups is 1. The molecule has 0 radical (unpaired) electrons. The van der Waals surface area contributed by atoms with Crippen molar-refractivity contribution in [3.05, 3.63) is 89.7 Å². The summed E-state index contributed by atoms with van der Waals surface area (Å²) in [6.45, 7) is 0.297. The number of nitrogens with zero attached hydrogens (tertiary/aromatic N) is 2. The number of halogens is 1. The fraction of sp³-hybridized carbons (Fsp3) is 0.0870. The molecule has 156 valence electrons. The van der Waals surface area contributed by atoms with Crippen LogP contribution in [-0.2, 0) is 11.4 Å². The van der Waals surface area contributed by atoms with Crippen molar-refractivity contribution in [2.45, 2.75) is 11.8 Å². The molecule has 0 unspecified atom stereocenters. The van der Waals surface area contributed by atoms with Gasteiger partial charge in [-0.1, -0.05) is 48.2 Å². The summed E-state index contributed by atoms with van der Waals surface area (Å²) >= 11 is 1.31. The zero-order chi connectivity index (χ0) is 21.5. The van der Waals surface area contributed by atoms with Gasteiger partial charge < -0.3 is 9.72 Å². The molecule has 3 aromatic carbocycles. The van der Waals surface area contributed by atoms with Gasteiger partial charge in [0.25, 0.3) is 5.91 Å². The van der Waals surface area contributed by atoms with Crippen LogP contribution in [0.3, 0.4) is 0 Å². The van der Waals surface area contributed by atoms with E-state index in [9.17, 15) is 9.18 Å². The number of hydrogen-bond acceptors (Lipinski definition) is 5. The van der Waals surface area contributed by atoms with Crippen LogP contribution in [0.2, 0.25) is 0 Å². The lowest BCUT2D eigenvalue weighted by Gasteiger charge is -2.09. The molecule has 0 fully saturated rings. The fourth-order valence-electron chi connectivity index (χ4n) is 2.80. The summed E-state index contributed by atoms with van der Waals surface area (Å²) in [5.41, 5.74) is 5.87. The molecule has 0 saturated carbocycles. The van der Waals surface area contributed by atoms with Crippen molar-refractivity contribution in [1.29, 1.82) is 0 Å². The third kappa shape index (κ3) is 5.70. The van der Waals surface area contributed by atoms with Crippen LogP contribution in [0.1, 0.15) is 11.1 Å². The van der Waals surface area contributed by atoms with Gasteiger partial charge in [-0.15, -0.1) is 0 Å². The largest absolute Gasteiger partial charge is 0.488 e. The van der Waals surface area contributed by atoms with Crippen molar-refractivity contribution < 1.29 is 13.9 Å². The summed E-state index contributed by atoms with van der Waals surface area (Å²) in [7, 11) is 0. The number of hydrogen-bond donors (Lipinski definition) is 2. The molecule has 0 aliphatic rings. The highest BCUT2D eigenvalue weighted by Crippen LogP contribution is 2.19. The van der Waals surface area contributed by atoms with E-state index in [4.69, 9.17) is 4.74 Å². The molecule has 1 aromatic heterocycles. The first-order chi connectivity index (χ1) is 15.2. The number of fused-ring (bicyclic) bond motifs is 1. The first kappa shape index (κ1) is 20.6. The summed E-state index contributed by atoms with van der Waals surface area (Å²) in [5.74, 6) is 0.262. The van der Waals surface area contributed by atoms with Crippen LogP contribution in [0.25, 0.3) is 11.0 Å². The maximum atomic E-state index is 13.0. The summed E-state index contributed by atoms with van der Waals surface area (Å²) in [5, 5.41) is 4.71. The third-order valence-corrected chi connectivity index (χ3v) is 5.20. The Bertz CT molecular complexity index is 1170. The zero-order valence-electron chi connectivity index (χ0n) is 16.4. The van der Waals surface area contributed by atoms with Crippen molar-refractivity contribution in [3.8, 4) is 5.75 Å². The molecule has 6 nitrogen and oxygen atoms in total. The number of carbonyl (C=O) groups excluding carboxylic acids is 1. The van der Waals surface area contributed by atoms with Gasteiger partial charge in [0, 0.05) is 5.56 Å². The first-order valence-corrected chi connectivity index (χ1v) is 10.5. The molecule has 0 aliphatic heterocycles. The monoisotopic (exact) mass is 434 g/mol. The van der Waals surface area contributed by atoms with E-state index in [1.807, 2.05) is 48.5 Å². The maximum Gasteiger partial charge on any atom is 0.250 e. The van der Waals surface area contributed by atoms with Crippen LogP contribution in [0, 0.1) is 5.82 Å². The molecule has 1 amide bonds. The first-order valence-electron chi connectivity index (χ1n) is 9.53. The number of ether oxygens (including phenoxy) is 1. The van der Waals surface area contributed by atoms with Gasteiger partial charge in [-0.05, 0) is 42.0 Å². The molecule has 4 aromatic rings. The van der Waals surface area contributed by atoms with Crippen molar-refractivity contribution in [1.82, 2.24) is 15.4 Å². The Morgan fingerprint density at radius 1 is 1.10 bits per heavy atom. The van der Waals surface area contributed by atoms with Crippen LogP contribution in [0.4, 0.5) is 4.39 Å². The number of rotatable bonds is 8. The van der Waals surface area contributed by atoms with Crippen LogP contribution in [0.15, 0.2) is 83.1 Å². The number of para-hydroxylation sites is 3. The maximum absolute atomic E-state index is 13.0. The number of nitrogens with one attached hydrogen (secondary N) is 2. The Labute approximate surface area is 182 Å². The minimum atomic E-state index is -0.287. The summed E-state index contributed by atoms with van der Waals surface area (Å²) in [6.07, 6.45) is 1.53. The quantitative estimate of drug-likeness (QED) is 0.243. The number of imidazole rings is 1.